The topological polar surface area (TPSA) is 74.6 Å². The van der Waals surface area contributed by atoms with Crippen LogP contribution in [0.25, 0.3) is 16.9 Å². The maximum atomic E-state index is 12.9. The van der Waals surface area contributed by atoms with Gasteiger partial charge in [0, 0.05) is 23.5 Å². The normalized spacial score (nSPS) is 14.8. The van der Waals surface area contributed by atoms with E-state index in [1.165, 1.54) is 0 Å². The number of nitrogens with one attached hydrogen (secondary N) is 1. The van der Waals surface area contributed by atoms with Crippen molar-refractivity contribution in [1.29, 1.82) is 0 Å². The Hall–Kier alpha value is -4.26. The van der Waals surface area contributed by atoms with Crippen LogP contribution in [0.5, 0.6) is 17.2 Å². The molecule has 0 saturated carbocycles. The molecule has 34 heavy (non-hydrogen) atoms. The van der Waals surface area contributed by atoms with E-state index in [-0.39, 0.29) is 18.2 Å². The second-order valence-corrected chi connectivity index (χ2v) is 7.99. The molecule has 5 rings (SSSR count). The molecule has 1 amide bonds. The number of aromatic nitrogens is 2. The summed E-state index contributed by atoms with van der Waals surface area (Å²) in [7, 11) is 4.75. The Balaban J connectivity index is 1.77. The van der Waals surface area contributed by atoms with Gasteiger partial charge < -0.3 is 19.5 Å². The number of ether oxygens (including phenoxy) is 3. The van der Waals surface area contributed by atoms with E-state index >= 15 is 0 Å². The molecule has 7 heteroatoms. The largest absolute Gasteiger partial charge is 0.493 e. The third-order valence-corrected chi connectivity index (χ3v) is 6.06. The van der Waals surface area contributed by atoms with Crippen molar-refractivity contribution in [3.05, 3.63) is 83.9 Å². The van der Waals surface area contributed by atoms with Crippen LogP contribution in [0.15, 0.2) is 72.8 Å². The molecule has 1 aliphatic rings. The number of carbonyl (C=O) groups excluding carboxylic acids is 1. The molecule has 0 saturated heterocycles. The van der Waals surface area contributed by atoms with Crippen molar-refractivity contribution < 1.29 is 19.0 Å². The van der Waals surface area contributed by atoms with Gasteiger partial charge in [-0.2, -0.15) is 5.10 Å². The minimum atomic E-state index is -0.259. The van der Waals surface area contributed by atoms with Gasteiger partial charge in [-0.3, -0.25) is 4.79 Å². The molecule has 0 radical (unpaired) electrons. The fourth-order valence-corrected chi connectivity index (χ4v) is 4.50. The summed E-state index contributed by atoms with van der Waals surface area (Å²) in [4.78, 5) is 12.9. The molecule has 172 valence electrons. The van der Waals surface area contributed by atoms with Crippen LogP contribution in [0.3, 0.4) is 0 Å². The van der Waals surface area contributed by atoms with E-state index in [1.807, 2.05) is 72.8 Å². The van der Waals surface area contributed by atoms with Crippen molar-refractivity contribution >= 4 is 11.7 Å². The molecule has 1 aromatic heterocycles. The van der Waals surface area contributed by atoms with Crippen LogP contribution in [0.4, 0.5) is 5.82 Å². The van der Waals surface area contributed by atoms with Gasteiger partial charge in [0.1, 0.15) is 5.82 Å². The number of anilines is 1. The molecular formula is C27H25N3O4. The second kappa shape index (κ2) is 8.94. The fourth-order valence-electron chi connectivity index (χ4n) is 4.50. The van der Waals surface area contributed by atoms with Crippen LogP contribution in [0.1, 0.15) is 23.5 Å². The molecular weight excluding hydrogens is 430 g/mol. The van der Waals surface area contributed by atoms with E-state index in [1.54, 1.807) is 26.0 Å². The van der Waals surface area contributed by atoms with E-state index < -0.39 is 0 Å². The third kappa shape index (κ3) is 3.65. The molecule has 0 aliphatic carbocycles. The van der Waals surface area contributed by atoms with E-state index in [4.69, 9.17) is 19.3 Å². The van der Waals surface area contributed by atoms with E-state index in [0.717, 1.165) is 28.1 Å². The van der Waals surface area contributed by atoms with Crippen molar-refractivity contribution in [3.8, 4) is 34.2 Å². The van der Waals surface area contributed by atoms with Gasteiger partial charge in [0.15, 0.2) is 11.5 Å². The van der Waals surface area contributed by atoms with Gasteiger partial charge in [0.25, 0.3) is 0 Å². The van der Waals surface area contributed by atoms with Gasteiger partial charge in [0.05, 0.1) is 32.7 Å². The average Bonchev–Trinajstić information content (AvgIpc) is 3.27. The predicted molar refractivity (Wildman–Crippen MR) is 130 cm³/mol. The zero-order valence-corrected chi connectivity index (χ0v) is 19.2. The van der Waals surface area contributed by atoms with E-state index in [2.05, 4.69) is 5.32 Å². The first kappa shape index (κ1) is 21.6. The van der Waals surface area contributed by atoms with E-state index in [0.29, 0.717) is 23.1 Å². The van der Waals surface area contributed by atoms with Crippen LogP contribution < -0.4 is 19.5 Å². The number of hydrogen-bond acceptors (Lipinski definition) is 5. The second-order valence-electron chi connectivity index (χ2n) is 7.99. The van der Waals surface area contributed by atoms with Crippen molar-refractivity contribution in [2.45, 2.75) is 12.3 Å². The number of benzene rings is 3. The monoisotopic (exact) mass is 455 g/mol. The van der Waals surface area contributed by atoms with Crippen LogP contribution >= 0.6 is 0 Å². The predicted octanol–water partition coefficient (Wildman–Crippen LogP) is 5.04. The lowest BCUT2D eigenvalue weighted by atomic mass is 9.84. The van der Waals surface area contributed by atoms with Gasteiger partial charge in [0.2, 0.25) is 11.7 Å². The molecule has 1 N–H and O–H groups in total. The van der Waals surface area contributed by atoms with Crippen LogP contribution in [-0.2, 0) is 4.79 Å². The molecule has 2 heterocycles. The van der Waals surface area contributed by atoms with Crippen LogP contribution in [0, 0.1) is 0 Å². The standard InChI is InChI=1S/C27H25N3O4/c1-32-21-14-18(15-22(33-2)26(21)34-3)20-16-23(31)28-27-24(20)25(17-10-6-4-7-11-17)29-30(27)19-12-8-5-9-13-19/h4-15,20H,16H2,1-3H3,(H,28,31)/t20-/m1/s1. The molecule has 3 aromatic carbocycles. The minimum absolute atomic E-state index is 0.0806. The molecule has 4 aromatic rings. The maximum absolute atomic E-state index is 12.9. The third-order valence-electron chi connectivity index (χ3n) is 6.06. The number of methoxy groups -OCH3 is 3. The number of para-hydroxylation sites is 1. The first-order valence-electron chi connectivity index (χ1n) is 11.0. The van der Waals surface area contributed by atoms with Gasteiger partial charge in [-0.1, -0.05) is 48.5 Å². The van der Waals surface area contributed by atoms with Crippen LogP contribution in [-0.4, -0.2) is 37.0 Å². The first-order chi connectivity index (χ1) is 16.6. The maximum Gasteiger partial charge on any atom is 0.226 e. The summed E-state index contributed by atoms with van der Waals surface area (Å²) in [5.41, 5.74) is 4.49. The summed E-state index contributed by atoms with van der Waals surface area (Å²) >= 11 is 0. The fraction of sp³-hybridized carbons (Fsp3) is 0.185. The Morgan fingerprint density at radius 2 is 1.50 bits per heavy atom. The molecule has 0 spiro atoms. The Morgan fingerprint density at radius 3 is 2.09 bits per heavy atom. The summed E-state index contributed by atoms with van der Waals surface area (Å²) in [6.07, 6.45) is 0.270. The Bertz CT molecular complexity index is 1310. The molecule has 1 aliphatic heterocycles. The zero-order valence-electron chi connectivity index (χ0n) is 19.2. The highest BCUT2D eigenvalue weighted by molar-refractivity contribution is 5.96. The summed E-state index contributed by atoms with van der Waals surface area (Å²) in [6, 6.07) is 23.6. The average molecular weight is 456 g/mol. The number of nitrogens with zero attached hydrogens (tertiary/aromatic N) is 2. The summed E-state index contributed by atoms with van der Waals surface area (Å²) in [6.45, 7) is 0. The number of hydrogen-bond donors (Lipinski definition) is 1. The Morgan fingerprint density at radius 1 is 0.882 bits per heavy atom. The van der Waals surface area contributed by atoms with Crippen molar-refractivity contribution in [2.24, 2.45) is 0 Å². The Labute approximate surface area is 197 Å². The lowest BCUT2D eigenvalue weighted by Crippen LogP contribution is -2.25. The van der Waals surface area contributed by atoms with Crippen LogP contribution in [0.2, 0.25) is 0 Å². The van der Waals surface area contributed by atoms with E-state index in [9.17, 15) is 4.79 Å². The van der Waals surface area contributed by atoms with Gasteiger partial charge >= 0.3 is 0 Å². The smallest absolute Gasteiger partial charge is 0.226 e. The quantitative estimate of drug-likeness (QED) is 0.441. The highest BCUT2D eigenvalue weighted by Crippen LogP contribution is 2.47. The number of rotatable bonds is 6. The van der Waals surface area contributed by atoms with Gasteiger partial charge in [-0.15, -0.1) is 0 Å². The van der Waals surface area contributed by atoms with Crippen molar-refractivity contribution in [2.75, 3.05) is 26.6 Å². The Kier molecular flexibility index (Phi) is 5.67. The number of amides is 1. The zero-order chi connectivity index (χ0) is 23.7. The number of carbonyl (C=O) groups is 1. The van der Waals surface area contributed by atoms with Gasteiger partial charge in [-0.25, -0.2) is 4.68 Å². The summed E-state index contributed by atoms with van der Waals surface area (Å²) in [5.74, 6) is 1.92. The molecule has 0 fully saturated rings. The first-order valence-corrected chi connectivity index (χ1v) is 11.0. The highest BCUT2D eigenvalue weighted by atomic mass is 16.5. The lowest BCUT2D eigenvalue weighted by Gasteiger charge is -2.26. The summed E-state index contributed by atoms with van der Waals surface area (Å²) in [5, 5.41) is 8.05. The minimum Gasteiger partial charge on any atom is -0.493 e. The molecule has 1 atom stereocenters. The van der Waals surface area contributed by atoms with Gasteiger partial charge in [-0.05, 0) is 29.8 Å². The number of fused-ring (bicyclic) bond motifs is 1. The summed E-state index contributed by atoms with van der Waals surface area (Å²) < 4.78 is 18.5. The molecule has 0 unspecified atom stereocenters. The molecule has 0 bridgehead atoms. The van der Waals surface area contributed by atoms with Crippen molar-refractivity contribution in [3.63, 3.8) is 0 Å². The lowest BCUT2D eigenvalue weighted by molar-refractivity contribution is -0.116. The van der Waals surface area contributed by atoms with Crippen molar-refractivity contribution in [1.82, 2.24) is 9.78 Å². The molecule has 7 nitrogen and oxygen atoms in total. The highest BCUT2D eigenvalue weighted by Gasteiger charge is 2.35. The SMILES string of the molecule is COc1cc([C@H]2CC(=O)Nc3c2c(-c2ccccc2)nn3-c2ccccc2)cc(OC)c1OC.